The van der Waals surface area contributed by atoms with Crippen LogP contribution in [0.4, 0.5) is 0 Å². The fraction of sp³-hybridized carbons (Fsp3) is 0.462. The molecule has 0 atom stereocenters. The second kappa shape index (κ2) is 7.01. The second-order valence-corrected chi connectivity index (χ2v) is 3.74. The summed E-state index contributed by atoms with van der Waals surface area (Å²) in [5.74, 6) is -0.00239. The molecule has 3 nitrogen and oxygen atoms in total. The Balaban J connectivity index is 2.49. The smallest absolute Gasteiger partial charge is 0.251 e. The van der Waals surface area contributed by atoms with E-state index >= 15 is 0 Å². The van der Waals surface area contributed by atoms with Gasteiger partial charge < -0.3 is 10.1 Å². The molecule has 0 saturated carbocycles. The van der Waals surface area contributed by atoms with E-state index in [4.69, 9.17) is 4.74 Å². The van der Waals surface area contributed by atoms with Gasteiger partial charge in [0.1, 0.15) is 0 Å². The maximum absolute atomic E-state index is 11.6. The molecule has 0 bridgehead atoms. The lowest BCUT2D eigenvalue weighted by Crippen LogP contribution is -2.24. The molecule has 16 heavy (non-hydrogen) atoms. The Bertz CT molecular complexity index is 319. The topological polar surface area (TPSA) is 38.3 Å². The summed E-state index contributed by atoms with van der Waals surface area (Å²) in [5.41, 5.74) is 1.78. The van der Waals surface area contributed by atoms with Gasteiger partial charge in [-0.3, -0.25) is 4.79 Å². The van der Waals surface area contributed by atoms with Gasteiger partial charge in [0.25, 0.3) is 5.91 Å². The van der Waals surface area contributed by atoms with E-state index in [9.17, 15) is 4.79 Å². The fourth-order valence-electron chi connectivity index (χ4n) is 1.40. The molecule has 0 aliphatic rings. The number of ether oxygens (including phenoxy) is 1. The molecule has 0 unspecified atom stereocenters. The lowest BCUT2D eigenvalue weighted by Gasteiger charge is -2.05. The highest BCUT2D eigenvalue weighted by molar-refractivity contribution is 5.94. The Morgan fingerprint density at radius 2 is 2.00 bits per heavy atom. The van der Waals surface area contributed by atoms with Crippen LogP contribution in [0.25, 0.3) is 0 Å². The van der Waals surface area contributed by atoms with Crippen molar-refractivity contribution in [3.63, 3.8) is 0 Å². The minimum atomic E-state index is -0.00239. The van der Waals surface area contributed by atoms with Gasteiger partial charge in [0.15, 0.2) is 0 Å². The van der Waals surface area contributed by atoms with Crippen LogP contribution >= 0.6 is 0 Å². The third kappa shape index (κ3) is 4.03. The van der Waals surface area contributed by atoms with Crippen LogP contribution in [0.2, 0.25) is 0 Å². The van der Waals surface area contributed by atoms with E-state index in [0.717, 1.165) is 24.9 Å². The largest absolute Gasteiger partial charge is 0.380 e. The van der Waals surface area contributed by atoms with Gasteiger partial charge in [-0.2, -0.15) is 0 Å². The molecule has 0 aliphatic carbocycles. The van der Waals surface area contributed by atoms with Crippen molar-refractivity contribution in [1.29, 1.82) is 0 Å². The first-order chi connectivity index (χ1) is 7.77. The van der Waals surface area contributed by atoms with Crippen molar-refractivity contribution in [3.8, 4) is 0 Å². The predicted octanol–water partition coefficient (Wildman–Crippen LogP) is 2.36. The van der Waals surface area contributed by atoms with E-state index in [-0.39, 0.29) is 5.91 Å². The lowest BCUT2D eigenvalue weighted by atomic mass is 10.1. The van der Waals surface area contributed by atoms with Crippen LogP contribution in [-0.2, 0) is 11.3 Å². The van der Waals surface area contributed by atoms with Gasteiger partial charge >= 0.3 is 0 Å². The van der Waals surface area contributed by atoms with Crippen LogP contribution < -0.4 is 5.32 Å². The quantitative estimate of drug-likeness (QED) is 0.749. The van der Waals surface area contributed by atoms with Crippen molar-refractivity contribution in [1.82, 2.24) is 5.32 Å². The molecular weight excluding hydrogens is 202 g/mol. The number of hydrogen-bond acceptors (Lipinski definition) is 2. The number of rotatable bonds is 6. The molecule has 1 rings (SSSR count). The Hall–Kier alpha value is -1.35. The first kappa shape index (κ1) is 12.7. The van der Waals surface area contributed by atoms with Crippen molar-refractivity contribution in [2.75, 3.05) is 13.7 Å². The zero-order valence-corrected chi connectivity index (χ0v) is 9.95. The average Bonchev–Trinajstić information content (AvgIpc) is 2.30. The predicted molar refractivity (Wildman–Crippen MR) is 64.4 cm³/mol. The number of methoxy groups -OCH3 is 1. The summed E-state index contributed by atoms with van der Waals surface area (Å²) in [5, 5.41) is 2.88. The standard InChI is InChI=1S/C13H19NO2/c1-3-4-9-14-13(15)12-7-5-11(6-8-12)10-16-2/h5-8H,3-4,9-10H2,1-2H3,(H,14,15). The Kier molecular flexibility index (Phi) is 5.57. The minimum absolute atomic E-state index is 0.00239. The summed E-state index contributed by atoms with van der Waals surface area (Å²) in [6, 6.07) is 7.49. The maximum Gasteiger partial charge on any atom is 0.251 e. The van der Waals surface area contributed by atoms with Crippen molar-refractivity contribution < 1.29 is 9.53 Å². The van der Waals surface area contributed by atoms with Crippen molar-refractivity contribution >= 4 is 5.91 Å². The molecule has 1 aromatic rings. The van der Waals surface area contributed by atoms with Gasteiger partial charge in [-0.05, 0) is 24.1 Å². The van der Waals surface area contributed by atoms with E-state index in [1.807, 2.05) is 24.3 Å². The van der Waals surface area contributed by atoms with Crippen LogP contribution in [0.15, 0.2) is 24.3 Å². The highest BCUT2D eigenvalue weighted by Crippen LogP contribution is 2.05. The highest BCUT2D eigenvalue weighted by Gasteiger charge is 2.03. The number of nitrogens with one attached hydrogen (secondary N) is 1. The summed E-state index contributed by atoms with van der Waals surface area (Å²) in [6.45, 7) is 3.43. The van der Waals surface area contributed by atoms with Crippen molar-refractivity contribution in [2.24, 2.45) is 0 Å². The van der Waals surface area contributed by atoms with E-state index in [1.165, 1.54) is 0 Å². The third-order valence-corrected chi connectivity index (χ3v) is 2.34. The first-order valence-electron chi connectivity index (χ1n) is 5.64. The Morgan fingerprint density at radius 3 is 2.56 bits per heavy atom. The van der Waals surface area contributed by atoms with Crippen LogP contribution in [0.1, 0.15) is 35.7 Å². The molecule has 0 aliphatic heterocycles. The molecule has 0 fully saturated rings. The van der Waals surface area contributed by atoms with Crippen molar-refractivity contribution in [2.45, 2.75) is 26.4 Å². The summed E-state index contributed by atoms with van der Waals surface area (Å²) < 4.78 is 5.01. The first-order valence-corrected chi connectivity index (χ1v) is 5.64. The zero-order chi connectivity index (χ0) is 11.8. The average molecular weight is 221 g/mol. The zero-order valence-electron chi connectivity index (χ0n) is 9.95. The molecule has 3 heteroatoms. The molecule has 0 heterocycles. The number of carbonyl (C=O) groups excluding carboxylic acids is 1. The molecule has 1 amide bonds. The number of carbonyl (C=O) groups is 1. The van der Waals surface area contributed by atoms with Crippen molar-refractivity contribution in [3.05, 3.63) is 35.4 Å². The molecule has 0 aromatic heterocycles. The van der Waals surface area contributed by atoms with Crippen LogP contribution in [0.3, 0.4) is 0 Å². The van der Waals surface area contributed by atoms with Crippen LogP contribution in [0, 0.1) is 0 Å². The number of amides is 1. The molecule has 1 aromatic carbocycles. The van der Waals surface area contributed by atoms with Gasteiger partial charge in [0.05, 0.1) is 6.61 Å². The van der Waals surface area contributed by atoms with Crippen LogP contribution in [0.5, 0.6) is 0 Å². The van der Waals surface area contributed by atoms with E-state index in [2.05, 4.69) is 12.2 Å². The van der Waals surface area contributed by atoms with Gasteiger partial charge in [-0.15, -0.1) is 0 Å². The van der Waals surface area contributed by atoms with Gasteiger partial charge in [0, 0.05) is 19.2 Å². The summed E-state index contributed by atoms with van der Waals surface area (Å²) >= 11 is 0. The highest BCUT2D eigenvalue weighted by atomic mass is 16.5. The monoisotopic (exact) mass is 221 g/mol. The minimum Gasteiger partial charge on any atom is -0.380 e. The SMILES string of the molecule is CCCCNC(=O)c1ccc(COC)cc1. The molecule has 0 saturated heterocycles. The van der Waals surface area contributed by atoms with Crippen LogP contribution in [-0.4, -0.2) is 19.6 Å². The molecule has 88 valence electrons. The number of benzene rings is 1. The van der Waals surface area contributed by atoms with E-state index in [1.54, 1.807) is 7.11 Å². The van der Waals surface area contributed by atoms with Gasteiger partial charge in [0.2, 0.25) is 0 Å². The fourth-order valence-corrected chi connectivity index (χ4v) is 1.40. The lowest BCUT2D eigenvalue weighted by molar-refractivity contribution is 0.0953. The van der Waals surface area contributed by atoms with E-state index < -0.39 is 0 Å². The summed E-state index contributed by atoms with van der Waals surface area (Å²) in [4.78, 5) is 11.6. The molecular formula is C13H19NO2. The number of unbranched alkanes of at least 4 members (excludes halogenated alkanes) is 1. The molecule has 0 spiro atoms. The van der Waals surface area contributed by atoms with E-state index in [0.29, 0.717) is 12.2 Å². The van der Waals surface area contributed by atoms with Gasteiger partial charge in [-0.25, -0.2) is 0 Å². The Labute approximate surface area is 96.8 Å². The Morgan fingerprint density at radius 1 is 1.31 bits per heavy atom. The van der Waals surface area contributed by atoms with Gasteiger partial charge in [-0.1, -0.05) is 25.5 Å². The maximum atomic E-state index is 11.6. The normalized spacial score (nSPS) is 10.1. The summed E-state index contributed by atoms with van der Waals surface area (Å²) in [6.07, 6.45) is 2.11. The summed E-state index contributed by atoms with van der Waals surface area (Å²) in [7, 11) is 1.66. The molecule has 1 N–H and O–H groups in total. The second-order valence-electron chi connectivity index (χ2n) is 3.74. The molecule has 0 radical (unpaired) electrons. The number of hydrogen-bond donors (Lipinski definition) is 1. The third-order valence-electron chi connectivity index (χ3n) is 2.34.